The van der Waals surface area contributed by atoms with Crippen LogP contribution in [0.1, 0.15) is 40.0 Å². The molecule has 2 atom stereocenters. The lowest BCUT2D eigenvalue weighted by Gasteiger charge is -2.45. The standard InChI is InChI=1S/C22H30N4O3S/c1-4-16(2)15-26-21(27)17(3)24-22(26)10-13-25(14-11-22)30(28,29)19-9-5-7-18-8-6-12-23-20(18)19/h5-9,12,16-17,24H,4,10-11,13-15H2,1-3H3/t16-,17-/m0/s1. The fourth-order valence-corrected chi connectivity index (χ4v) is 6.23. The average Bonchev–Trinajstić information content (AvgIpc) is 2.97. The largest absolute Gasteiger partial charge is 0.323 e. The number of amides is 1. The minimum atomic E-state index is -3.67. The normalized spacial score (nSPS) is 23.4. The molecule has 1 N–H and O–H groups in total. The third kappa shape index (κ3) is 3.50. The molecule has 4 rings (SSSR count). The topological polar surface area (TPSA) is 82.6 Å². The molecule has 0 saturated carbocycles. The van der Waals surface area contributed by atoms with Crippen molar-refractivity contribution in [3.8, 4) is 0 Å². The molecule has 1 aromatic heterocycles. The minimum absolute atomic E-state index is 0.116. The van der Waals surface area contributed by atoms with Gasteiger partial charge in [0.25, 0.3) is 0 Å². The summed E-state index contributed by atoms with van der Waals surface area (Å²) in [5, 5.41) is 4.29. The number of pyridine rings is 1. The first kappa shape index (κ1) is 21.2. The van der Waals surface area contributed by atoms with E-state index in [9.17, 15) is 13.2 Å². The molecule has 2 fully saturated rings. The Morgan fingerprint density at radius 3 is 2.63 bits per heavy atom. The van der Waals surface area contributed by atoms with Gasteiger partial charge in [0.2, 0.25) is 15.9 Å². The lowest BCUT2D eigenvalue weighted by Crippen LogP contribution is -2.60. The number of para-hydroxylation sites is 1. The molecule has 2 saturated heterocycles. The van der Waals surface area contributed by atoms with Gasteiger partial charge in [-0.15, -0.1) is 0 Å². The Hall–Kier alpha value is -2.03. The molecule has 2 aliphatic heterocycles. The van der Waals surface area contributed by atoms with E-state index in [-0.39, 0.29) is 16.8 Å². The second kappa shape index (κ2) is 7.90. The number of rotatable bonds is 5. The van der Waals surface area contributed by atoms with Crippen molar-refractivity contribution in [3.05, 3.63) is 36.5 Å². The summed E-state index contributed by atoms with van der Waals surface area (Å²) in [6, 6.07) is 8.70. The maximum Gasteiger partial charge on any atom is 0.245 e. The number of hydrogen-bond donors (Lipinski definition) is 1. The van der Waals surface area contributed by atoms with E-state index >= 15 is 0 Å². The highest BCUT2D eigenvalue weighted by molar-refractivity contribution is 7.89. The summed E-state index contributed by atoms with van der Waals surface area (Å²) in [6.45, 7) is 7.61. The summed E-state index contributed by atoms with van der Waals surface area (Å²) in [6.07, 6.45) is 3.78. The van der Waals surface area contributed by atoms with Crippen LogP contribution in [0.25, 0.3) is 10.9 Å². The molecule has 0 radical (unpaired) electrons. The number of carbonyl (C=O) groups is 1. The predicted octanol–water partition coefficient (Wildman–Crippen LogP) is 2.58. The summed E-state index contributed by atoms with van der Waals surface area (Å²) in [4.78, 5) is 19.3. The third-order valence-electron chi connectivity index (χ3n) is 6.59. The van der Waals surface area contributed by atoms with Gasteiger partial charge in [-0.05, 0) is 37.8 Å². The van der Waals surface area contributed by atoms with Gasteiger partial charge in [0.1, 0.15) is 4.90 Å². The van der Waals surface area contributed by atoms with Crippen LogP contribution in [0.3, 0.4) is 0 Å². The molecule has 162 valence electrons. The molecule has 2 aliphatic rings. The highest BCUT2D eigenvalue weighted by Crippen LogP contribution is 2.35. The molecular formula is C22H30N4O3S. The van der Waals surface area contributed by atoms with Crippen LogP contribution in [0.15, 0.2) is 41.4 Å². The number of piperidine rings is 1. The number of carbonyl (C=O) groups excluding carboxylic acids is 1. The van der Waals surface area contributed by atoms with Gasteiger partial charge >= 0.3 is 0 Å². The van der Waals surface area contributed by atoms with Crippen molar-refractivity contribution in [2.45, 2.75) is 56.6 Å². The van der Waals surface area contributed by atoms with Crippen LogP contribution in [0, 0.1) is 5.92 Å². The Bertz CT molecular complexity index is 1040. The number of hydrogen-bond acceptors (Lipinski definition) is 5. The van der Waals surface area contributed by atoms with Gasteiger partial charge in [0.15, 0.2) is 0 Å². The van der Waals surface area contributed by atoms with Crippen molar-refractivity contribution in [1.29, 1.82) is 0 Å². The van der Waals surface area contributed by atoms with E-state index in [4.69, 9.17) is 0 Å². The summed E-state index contributed by atoms with van der Waals surface area (Å²) in [5.74, 6) is 0.520. The van der Waals surface area contributed by atoms with Gasteiger partial charge in [-0.1, -0.05) is 38.5 Å². The first-order valence-corrected chi connectivity index (χ1v) is 12.2. The average molecular weight is 431 g/mol. The van der Waals surface area contributed by atoms with Crippen molar-refractivity contribution >= 4 is 26.8 Å². The van der Waals surface area contributed by atoms with Crippen molar-refractivity contribution in [2.24, 2.45) is 5.92 Å². The van der Waals surface area contributed by atoms with Crippen molar-refractivity contribution in [1.82, 2.24) is 19.5 Å². The quantitative estimate of drug-likeness (QED) is 0.788. The zero-order valence-electron chi connectivity index (χ0n) is 17.8. The molecule has 3 heterocycles. The Kier molecular flexibility index (Phi) is 5.59. The van der Waals surface area contributed by atoms with Crippen LogP contribution in [0.2, 0.25) is 0 Å². The second-order valence-electron chi connectivity index (χ2n) is 8.60. The first-order valence-electron chi connectivity index (χ1n) is 10.7. The molecule has 1 spiro atoms. The summed E-state index contributed by atoms with van der Waals surface area (Å²) in [7, 11) is -3.67. The zero-order chi connectivity index (χ0) is 21.5. The van der Waals surface area contributed by atoms with E-state index in [1.165, 1.54) is 4.31 Å². The van der Waals surface area contributed by atoms with E-state index in [0.717, 1.165) is 11.8 Å². The van der Waals surface area contributed by atoms with Crippen molar-refractivity contribution in [2.75, 3.05) is 19.6 Å². The van der Waals surface area contributed by atoms with Gasteiger partial charge in [0, 0.05) is 31.2 Å². The highest BCUT2D eigenvalue weighted by atomic mass is 32.2. The van der Waals surface area contributed by atoms with Crippen LogP contribution in [-0.4, -0.2) is 59.9 Å². The number of nitrogens with one attached hydrogen (secondary N) is 1. The van der Waals surface area contributed by atoms with Gasteiger partial charge < -0.3 is 4.90 Å². The molecule has 0 bridgehead atoms. The summed E-state index contributed by atoms with van der Waals surface area (Å²) < 4.78 is 28.4. The van der Waals surface area contributed by atoms with Crippen LogP contribution in [-0.2, 0) is 14.8 Å². The third-order valence-corrected chi connectivity index (χ3v) is 8.52. The van der Waals surface area contributed by atoms with Crippen LogP contribution < -0.4 is 5.32 Å². The van der Waals surface area contributed by atoms with Gasteiger partial charge in [-0.2, -0.15) is 4.31 Å². The number of nitrogens with zero attached hydrogens (tertiary/aromatic N) is 3. The fourth-order valence-electron chi connectivity index (χ4n) is 4.63. The first-order chi connectivity index (χ1) is 14.3. The van der Waals surface area contributed by atoms with Gasteiger partial charge in [-0.25, -0.2) is 8.42 Å². The highest BCUT2D eigenvalue weighted by Gasteiger charge is 2.51. The number of fused-ring (bicyclic) bond motifs is 1. The van der Waals surface area contributed by atoms with E-state index in [1.807, 2.05) is 24.0 Å². The SMILES string of the molecule is CC[C@H](C)CN1C(=O)[C@H](C)NC12CCN(S(=O)(=O)c1cccc3cccnc13)CC2. The Balaban J connectivity index is 1.58. The Labute approximate surface area is 178 Å². The fraction of sp³-hybridized carbons (Fsp3) is 0.545. The zero-order valence-corrected chi connectivity index (χ0v) is 18.7. The van der Waals surface area contributed by atoms with Crippen LogP contribution in [0.4, 0.5) is 0 Å². The van der Waals surface area contributed by atoms with Crippen LogP contribution >= 0.6 is 0 Å². The van der Waals surface area contributed by atoms with Gasteiger partial charge in [0.05, 0.1) is 17.2 Å². The molecule has 2 aromatic rings. The Morgan fingerprint density at radius 1 is 1.23 bits per heavy atom. The van der Waals surface area contributed by atoms with Gasteiger partial charge in [-0.3, -0.25) is 15.1 Å². The molecule has 1 aromatic carbocycles. The number of sulfonamides is 1. The van der Waals surface area contributed by atoms with E-state index in [1.54, 1.807) is 24.4 Å². The smallest absolute Gasteiger partial charge is 0.245 e. The number of aromatic nitrogens is 1. The maximum atomic E-state index is 13.4. The van der Waals surface area contributed by atoms with Crippen molar-refractivity contribution in [3.63, 3.8) is 0 Å². The lowest BCUT2D eigenvalue weighted by molar-refractivity contribution is -0.133. The second-order valence-corrected chi connectivity index (χ2v) is 10.5. The van der Waals surface area contributed by atoms with E-state index in [2.05, 4.69) is 24.1 Å². The molecule has 30 heavy (non-hydrogen) atoms. The summed E-state index contributed by atoms with van der Waals surface area (Å²) >= 11 is 0. The monoisotopic (exact) mass is 430 g/mol. The molecule has 7 nitrogen and oxygen atoms in total. The summed E-state index contributed by atoms with van der Waals surface area (Å²) in [5.41, 5.74) is 0.0460. The molecule has 0 unspecified atom stereocenters. The molecular weight excluding hydrogens is 400 g/mol. The minimum Gasteiger partial charge on any atom is -0.323 e. The lowest BCUT2D eigenvalue weighted by atomic mass is 9.95. The molecule has 0 aliphatic carbocycles. The van der Waals surface area contributed by atoms with E-state index in [0.29, 0.717) is 43.9 Å². The predicted molar refractivity (Wildman–Crippen MR) is 116 cm³/mol. The van der Waals surface area contributed by atoms with Crippen molar-refractivity contribution < 1.29 is 13.2 Å². The van der Waals surface area contributed by atoms with Crippen LogP contribution in [0.5, 0.6) is 0 Å². The van der Waals surface area contributed by atoms with E-state index < -0.39 is 15.7 Å². The molecule has 8 heteroatoms. The Morgan fingerprint density at radius 2 is 1.93 bits per heavy atom. The number of benzene rings is 1. The molecule has 1 amide bonds. The maximum absolute atomic E-state index is 13.4.